The molecule has 2 atom stereocenters. The van der Waals surface area contributed by atoms with Crippen molar-refractivity contribution in [3.8, 4) is 16.9 Å². The first-order valence-electron chi connectivity index (χ1n) is 11.3. The number of nitrogens with zero attached hydrogens (tertiary/aromatic N) is 2. The summed E-state index contributed by atoms with van der Waals surface area (Å²) >= 11 is 3.11. The summed E-state index contributed by atoms with van der Waals surface area (Å²) in [5.74, 6) is 0.748. The van der Waals surface area contributed by atoms with Crippen molar-refractivity contribution >= 4 is 49.3 Å². The maximum Gasteiger partial charge on any atom is 0.324 e. The fourth-order valence-corrected chi connectivity index (χ4v) is 7.47. The highest BCUT2D eigenvalue weighted by Crippen LogP contribution is 2.33. The van der Waals surface area contributed by atoms with E-state index in [9.17, 15) is 13.2 Å². The molecule has 1 aliphatic heterocycles. The molecule has 1 aromatic heterocycles. The number of fused-ring (bicyclic) bond motifs is 1. The Morgan fingerprint density at radius 3 is 2.39 bits per heavy atom. The molecule has 0 spiro atoms. The van der Waals surface area contributed by atoms with E-state index in [0.29, 0.717) is 12.2 Å². The summed E-state index contributed by atoms with van der Waals surface area (Å²) in [6.07, 6.45) is -0.0780. The molecular weight excluding hydrogens is 516 g/mol. The Balaban J connectivity index is 1.24. The number of carbonyl (C=O) groups excluding carboxylic acids is 1. The number of methoxy groups -OCH3 is 1. The smallest absolute Gasteiger partial charge is 0.324 e. The zero-order chi connectivity index (χ0) is 25.3. The summed E-state index contributed by atoms with van der Waals surface area (Å²) in [7, 11) is -0.839. The van der Waals surface area contributed by atoms with Crippen LogP contribution < -0.4 is 4.74 Å². The van der Waals surface area contributed by atoms with Crippen molar-refractivity contribution in [3.63, 3.8) is 0 Å². The number of cyclic esters (lactones) is 1. The maximum absolute atomic E-state index is 13.3. The molecule has 186 valence electrons. The Kier molecular flexibility index (Phi) is 7.03. The van der Waals surface area contributed by atoms with Crippen molar-refractivity contribution < 1.29 is 22.7 Å². The summed E-state index contributed by atoms with van der Waals surface area (Å²) in [4.78, 5) is 17.3. The molecule has 36 heavy (non-hydrogen) atoms. The van der Waals surface area contributed by atoms with E-state index in [1.54, 1.807) is 42.7 Å². The zero-order valence-corrected chi connectivity index (χ0v) is 22.1. The van der Waals surface area contributed by atoms with Crippen LogP contribution in [0.2, 0.25) is 0 Å². The van der Waals surface area contributed by atoms with Gasteiger partial charge in [0.2, 0.25) is 10.0 Å². The van der Waals surface area contributed by atoms with Gasteiger partial charge in [-0.3, -0.25) is 4.79 Å². The van der Waals surface area contributed by atoms with Crippen LogP contribution in [0.25, 0.3) is 21.3 Å². The Labute approximate surface area is 218 Å². The average molecular weight is 541 g/mol. The van der Waals surface area contributed by atoms with Gasteiger partial charge < -0.3 is 9.47 Å². The Morgan fingerprint density at radius 1 is 1.06 bits per heavy atom. The van der Waals surface area contributed by atoms with Crippen molar-refractivity contribution in [2.45, 2.75) is 27.8 Å². The van der Waals surface area contributed by atoms with Crippen LogP contribution in [-0.4, -0.2) is 55.7 Å². The van der Waals surface area contributed by atoms with E-state index >= 15 is 0 Å². The van der Waals surface area contributed by atoms with E-state index in [1.807, 2.05) is 48.5 Å². The molecule has 3 aromatic carbocycles. The van der Waals surface area contributed by atoms with Crippen LogP contribution in [0.15, 0.2) is 82.0 Å². The van der Waals surface area contributed by atoms with E-state index in [-0.39, 0.29) is 11.0 Å². The highest BCUT2D eigenvalue weighted by Gasteiger charge is 2.42. The maximum atomic E-state index is 13.3. The fraction of sp³-hybridized carbons (Fsp3) is 0.231. The van der Waals surface area contributed by atoms with E-state index < -0.39 is 22.0 Å². The summed E-state index contributed by atoms with van der Waals surface area (Å²) in [6, 6.07) is 21.2. The second kappa shape index (κ2) is 10.2. The molecule has 1 saturated heterocycles. The van der Waals surface area contributed by atoms with E-state index in [4.69, 9.17) is 9.47 Å². The molecule has 2 unspecified atom stereocenters. The second-order valence-electron chi connectivity index (χ2n) is 8.34. The first-order chi connectivity index (χ1) is 17.3. The first kappa shape index (κ1) is 24.8. The number of hydrogen-bond donors (Lipinski definition) is 0. The molecule has 0 radical (unpaired) electrons. The molecule has 0 aliphatic carbocycles. The number of benzene rings is 3. The lowest BCUT2D eigenvalue weighted by Crippen LogP contribution is -2.39. The molecule has 1 aliphatic rings. The van der Waals surface area contributed by atoms with Gasteiger partial charge in [0.15, 0.2) is 4.34 Å². The van der Waals surface area contributed by atoms with Crippen molar-refractivity contribution in [2.75, 3.05) is 19.9 Å². The minimum Gasteiger partial charge on any atom is -0.497 e. The van der Waals surface area contributed by atoms with Crippen molar-refractivity contribution in [1.82, 2.24) is 9.29 Å². The average Bonchev–Trinajstić information content (AvgIpc) is 3.49. The van der Waals surface area contributed by atoms with Gasteiger partial charge in [0.1, 0.15) is 17.9 Å². The fourth-order valence-electron chi connectivity index (χ4n) is 4.05. The highest BCUT2D eigenvalue weighted by molar-refractivity contribution is 8.01. The largest absolute Gasteiger partial charge is 0.497 e. The standard InChI is InChI=1S/C26H24N2O5S3/c1-28(36(30,31)21-13-9-18(10-14-21)17-7-11-19(32-2)12-8-17)23-15-20(33-25(23)29)16-34-26-27-22-5-3-4-6-24(22)35-26/h3-14,20,23H,15-16H2,1-2H3. The normalized spacial score (nSPS) is 18.0. The monoisotopic (exact) mass is 540 g/mol. The number of hydrogen-bond acceptors (Lipinski definition) is 8. The van der Waals surface area contributed by atoms with Crippen LogP contribution in [0.4, 0.5) is 0 Å². The molecule has 0 saturated carbocycles. The van der Waals surface area contributed by atoms with Crippen LogP contribution in [0.1, 0.15) is 6.42 Å². The SMILES string of the molecule is COc1ccc(-c2ccc(S(=O)(=O)N(C)C3CC(CSc4nc5ccccc5s4)OC3=O)cc2)cc1. The lowest BCUT2D eigenvalue weighted by atomic mass is 10.1. The number of aromatic nitrogens is 1. The van der Waals surface area contributed by atoms with Crippen molar-refractivity contribution in [1.29, 1.82) is 0 Å². The number of carbonyl (C=O) groups is 1. The number of thioether (sulfide) groups is 1. The van der Waals surface area contributed by atoms with Gasteiger partial charge in [-0.2, -0.15) is 4.31 Å². The van der Waals surface area contributed by atoms with Gasteiger partial charge in [0.25, 0.3) is 0 Å². The van der Waals surface area contributed by atoms with Gasteiger partial charge in [-0.25, -0.2) is 13.4 Å². The van der Waals surface area contributed by atoms with E-state index in [1.165, 1.54) is 18.8 Å². The minimum atomic E-state index is -3.88. The molecule has 0 N–H and O–H groups in total. The number of thiazole rings is 1. The van der Waals surface area contributed by atoms with Crippen LogP contribution in [-0.2, 0) is 19.6 Å². The summed E-state index contributed by atoms with van der Waals surface area (Å²) in [5.41, 5.74) is 2.77. The van der Waals surface area contributed by atoms with Crippen LogP contribution >= 0.6 is 23.1 Å². The lowest BCUT2D eigenvalue weighted by Gasteiger charge is -2.21. The van der Waals surface area contributed by atoms with E-state index in [0.717, 1.165) is 35.7 Å². The third-order valence-electron chi connectivity index (χ3n) is 6.10. The molecule has 7 nitrogen and oxygen atoms in total. The van der Waals surface area contributed by atoms with Crippen LogP contribution in [0.3, 0.4) is 0 Å². The Bertz CT molecular complexity index is 1450. The van der Waals surface area contributed by atoms with Crippen LogP contribution in [0, 0.1) is 0 Å². The summed E-state index contributed by atoms with van der Waals surface area (Å²) < 4.78 is 40.4. The molecule has 0 amide bonds. The van der Waals surface area contributed by atoms with Gasteiger partial charge >= 0.3 is 5.97 Å². The number of para-hydroxylation sites is 1. The number of ether oxygens (including phenoxy) is 2. The molecule has 1 fully saturated rings. The van der Waals surface area contributed by atoms with Gasteiger partial charge in [0, 0.05) is 19.2 Å². The molecule has 0 bridgehead atoms. The van der Waals surface area contributed by atoms with Gasteiger partial charge in [0.05, 0.1) is 22.2 Å². The van der Waals surface area contributed by atoms with Crippen LogP contribution in [0.5, 0.6) is 5.75 Å². The lowest BCUT2D eigenvalue weighted by molar-refractivity contribution is -0.143. The summed E-state index contributed by atoms with van der Waals surface area (Å²) in [6.45, 7) is 0. The second-order valence-corrected chi connectivity index (χ2v) is 12.6. The molecule has 2 heterocycles. The number of sulfonamides is 1. The van der Waals surface area contributed by atoms with Crippen molar-refractivity contribution in [3.05, 3.63) is 72.8 Å². The topological polar surface area (TPSA) is 85.8 Å². The Morgan fingerprint density at radius 2 is 1.72 bits per heavy atom. The van der Waals surface area contributed by atoms with E-state index in [2.05, 4.69) is 4.98 Å². The molecule has 5 rings (SSSR count). The number of rotatable bonds is 8. The number of esters is 1. The van der Waals surface area contributed by atoms with Gasteiger partial charge in [-0.1, -0.05) is 48.2 Å². The predicted octanol–water partition coefficient (Wildman–Crippen LogP) is 5.07. The quantitative estimate of drug-likeness (QED) is 0.228. The molecular formula is C26H24N2O5S3. The third-order valence-corrected chi connectivity index (χ3v) is 10.3. The first-order valence-corrected chi connectivity index (χ1v) is 14.5. The predicted molar refractivity (Wildman–Crippen MR) is 142 cm³/mol. The minimum absolute atomic E-state index is 0.127. The Hall–Kier alpha value is -2.92. The number of likely N-dealkylation sites (N-methyl/N-ethyl adjacent to an activating group) is 1. The van der Waals surface area contributed by atoms with Gasteiger partial charge in [-0.05, 0) is 47.5 Å². The van der Waals surface area contributed by atoms with Gasteiger partial charge in [-0.15, -0.1) is 11.3 Å². The summed E-state index contributed by atoms with van der Waals surface area (Å²) in [5, 5.41) is 0. The molecule has 4 aromatic rings. The zero-order valence-electron chi connectivity index (χ0n) is 19.7. The highest BCUT2D eigenvalue weighted by atomic mass is 32.2. The third kappa shape index (κ3) is 4.99. The van der Waals surface area contributed by atoms with Crippen molar-refractivity contribution in [2.24, 2.45) is 0 Å². The molecule has 10 heteroatoms.